The van der Waals surface area contributed by atoms with Crippen LogP contribution in [-0.4, -0.2) is 34.7 Å². The molecule has 3 heterocycles. The van der Waals surface area contributed by atoms with E-state index in [1.54, 1.807) is 12.4 Å². The van der Waals surface area contributed by atoms with E-state index in [0.717, 1.165) is 28.6 Å². The number of benzene rings is 1. The molecule has 1 amide bonds. The number of carbonyl (C=O) groups is 1. The molecule has 5 heteroatoms. The third-order valence-electron chi connectivity index (χ3n) is 5.64. The van der Waals surface area contributed by atoms with Gasteiger partial charge in [0.25, 0.3) is 5.91 Å². The van der Waals surface area contributed by atoms with Gasteiger partial charge in [-0.2, -0.15) is 0 Å². The van der Waals surface area contributed by atoms with E-state index in [2.05, 4.69) is 29.4 Å². The van der Waals surface area contributed by atoms with Crippen molar-refractivity contribution in [1.82, 2.24) is 14.9 Å². The molecule has 5 nitrogen and oxygen atoms in total. The Morgan fingerprint density at radius 2 is 2.00 bits per heavy atom. The lowest BCUT2D eigenvalue weighted by Crippen LogP contribution is -2.41. The molecule has 0 spiro atoms. The van der Waals surface area contributed by atoms with E-state index >= 15 is 0 Å². The molecule has 4 rings (SSSR count). The quantitative estimate of drug-likeness (QED) is 0.775. The molecule has 1 aromatic carbocycles. The highest BCUT2D eigenvalue weighted by Crippen LogP contribution is 2.28. The summed E-state index contributed by atoms with van der Waals surface area (Å²) in [6, 6.07) is 10.3. The molecule has 27 heavy (non-hydrogen) atoms. The Kier molecular flexibility index (Phi) is 4.70. The monoisotopic (exact) mass is 363 g/mol. The van der Waals surface area contributed by atoms with Gasteiger partial charge in [-0.25, -0.2) is 0 Å². The number of para-hydroxylation sites is 1. The third kappa shape index (κ3) is 3.23. The van der Waals surface area contributed by atoms with Crippen LogP contribution in [0.2, 0.25) is 0 Å². The second kappa shape index (κ2) is 7.16. The molecule has 0 aliphatic carbocycles. The second-order valence-electron chi connectivity index (χ2n) is 7.44. The van der Waals surface area contributed by atoms with Gasteiger partial charge in [0.1, 0.15) is 5.69 Å². The molecule has 2 atom stereocenters. The number of nitrogens with one attached hydrogen (secondary N) is 1. The van der Waals surface area contributed by atoms with Crippen molar-refractivity contribution in [3.05, 3.63) is 65.1 Å². The molecule has 3 aromatic rings. The summed E-state index contributed by atoms with van der Waals surface area (Å²) >= 11 is 0. The molecule has 1 saturated heterocycles. The lowest BCUT2D eigenvalue weighted by Gasteiger charge is -2.19. The predicted octanol–water partition coefficient (Wildman–Crippen LogP) is 3.18. The van der Waals surface area contributed by atoms with E-state index in [1.807, 2.05) is 36.7 Å². The van der Waals surface area contributed by atoms with Gasteiger partial charge in [-0.15, -0.1) is 0 Å². The lowest BCUT2D eigenvalue weighted by molar-refractivity contribution is 0.0916. The van der Waals surface area contributed by atoms with Crippen molar-refractivity contribution in [2.45, 2.75) is 26.3 Å². The van der Waals surface area contributed by atoms with Crippen molar-refractivity contribution in [1.29, 1.82) is 0 Å². The van der Waals surface area contributed by atoms with Crippen LogP contribution in [0.1, 0.15) is 27.2 Å². The number of hydrogen-bond donors (Lipinski definition) is 1. The van der Waals surface area contributed by atoms with Crippen LogP contribution in [-0.2, 0) is 18.2 Å². The Morgan fingerprint density at radius 1 is 1.22 bits per heavy atom. The van der Waals surface area contributed by atoms with E-state index in [4.69, 9.17) is 4.74 Å². The van der Waals surface area contributed by atoms with Crippen LogP contribution in [0.3, 0.4) is 0 Å². The molecule has 1 fully saturated rings. The molecule has 1 N–H and O–H groups in total. The first-order chi connectivity index (χ1) is 13.1. The molecular formula is C22H25N3O2. The van der Waals surface area contributed by atoms with Gasteiger partial charge < -0.3 is 14.6 Å². The summed E-state index contributed by atoms with van der Waals surface area (Å²) in [7, 11) is 1.97. The summed E-state index contributed by atoms with van der Waals surface area (Å²) < 4.78 is 7.70. The smallest absolute Gasteiger partial charge is 0.268 e. The Morgan fingerprint density at radius 3 is 2.74 bits per heavy atom. The molecule has 1 aliphatic heterocycles. The summed E-state index contributed by atoms with van der Waals surface area (Å²) in [5, 5.41) is 4.36. The van der Waals surface area contributed by atoms with Gasteiger partial charge in [0.05, 0.1) is 24.8 Å². The van der Waals surface area contributed by atoms with Crippen molar-refractivity contribution in [2.24, 2.45) is 13.0 Å². The van der Waals surface area contributed by atoms with Crippen molar-refractivity contribution >= 4 is 16.8 Å². The number of pyridine rings is 1. The lowest BCUT2D eigenvalue weighted by atomic mass is 9.95. The fourth-order valence-electron chi connectivity index (χ4n) is 4.24. The minimum Gasteiger partial charge on any atom is -0.379 e. The largest absolute Gasteiger partial charge is 0.379 e. The molecule has 0 saturated carbocycles. The number of aryl methyl sites for hydroxylation is 3. The molecule has 140 valence electrons. The molecular weight excluding hydrogens is 338 g/mol. The molecule has 0 radical (unpaired) electrons. The minimum absolute atomic E-state index is 0.0178. The van der Waals surface area contributed by atoms with E-state index in [9.17, 15) is 4.79 Å². The van der Waals surface area contributed by atoms with E-state index < -0.39 is 0 Å². The van der Waals surface area contributed by atoms with Gasteiger partial charge in [0.15, 0.2) is 0 Å². The second-order valence-corrected chi connectivity index (χ2v) is 7.44. The first-order valence-electron chi connectivity index (χ1n) is 9.38. The van der Waals surface area contributed by atoms with E-state index in [0.29, 0.717) is 13.2 Å². The average Bonchev–Trinajstić information content (AvgIpc) is 3.19. The normalized spacial score (nSPS) is 19.5. The van der Waals surface area contributed by atoms with Gasteiger partial charge in [-0.3, -0.25) is 9.78 Å². The van der Waals surface area contributed by atoms with Crippen LogP contribution in [0.5, 0.6) is 0 Å². The summed E-state index contributed by atoms with van der Waals surface area (Å²) in [5.74, 6) is 0.244. The number of rotatable bonds is 4. The van der Waals surface area contributed by atoms with Crippen LogP contribution in [0, 0.1) is 19.8 Å². The van der Waals surface area contributed by atoms with E-state index in [-0.39, 0.29) is 17.9 Å². The molecule has 0 unspecified atom stereocenters. The van der Waals surface area contributed by atoms with Crippen molar-refractivity contribution in [2.75, 3.05) is 13.2 Å². The number of nitrogens with zero attached hydrogens (tertiary/aromatic N) is 2. The standard InChI is InChI=1S/C22H25N3O2/c1-14-5-4-6-18-15(2)21(25(3)20(14)18)22(26)24-19-13-27-12-17(19)11-16-7-9-23-10-8-16/h4-10,17,19H,11-13H2,1-3H3,(H,24,26)/t17-,19+/m1/s1. The summed E-state index contributed by atoms with van der Waals surface area (Å²) in [5.41, 5.74) is 5.27. The molecule has 1 aliphatic rings. The van der Waals surface area contributed by atoms with Crippen molar-refractivity contribution in [3.8, 4) is 0 Å². The van der Waals surface area contributed by atoms with E-state index in [1.165, 1.54) is 11.1 Å². The Labute approximate surface area is 159 Å². The zero-order chi connectivity index (χ0) is 19.0. The highest BCUT2D eigenvalue weighted by Gasteiger charge is 2.31. The van der Waals surface area contributed by atoms with Gasteiger partial charge in [-0.1, -0.05) is 18.2 Å². The SMILES string of the molecule is Cc1c(C(=O)N[C@H]2COC[C@H]2Cc2ccncc2)n(C)c2c(C)cccc12. The van der Waals surface area contributed by atoms with Gasteiger partial charge in [0, 0.05) is 30.7 Å². The average molecular weight is 363 g/mol. The summed E-state index contributed by atoms with van der Waals surface area (Å²) in [4.78, 5) is 17.2. The van der Waals surface area contributed by atoms with Crippen LogP contribution in [0.4, 0.5) is 0 Å². The number of hydrogen-bond acceptors (Lipinski definition) is 3. The Balaban J connectivity index is 1.57. The maximum absolute atomic E-state index is 13.1. The van der Waals surface area contributed by atoms with Crippen LogP contribution in [0.15, 0.2) is 42.7 Å². The highest BCUT2D eigenvalue weighted by atomic mass is 16.5. The third-order valence-corrected chi connectivity index (χ3v) is 5.64. The summed E-state index contributed by atoms with van der Waals surface area (Å²) in [6.07, 6.45) is 4.49. The number of aromatic nitrogens is 2. The van der Waals surface area contributed by atoms with Crippen LogP contribution < -0.4 is 5.32 Å². The minimum atomic E-state index is -0.0270. The topological polar surface area (TPSA) is 56.1 Å². The maximum atomic E-state index is 13.1. The van der Waals surface area contributed by atoms with Gasteiger partial charge in [0.2, 0.25) is 0 Å². The van der Waals surface area contributed by atoms with Crippen molar-refractivity contribution < 1.29 is 9.53 Å². The Bertz CT molecular complexity index is 978. The first-order valence-corrected chi connectivity index (χ1v) is 9.38. The number of fused-ring (bicyclic) bond motifs is 1. The van der Waals surface area contributed by atoms with Gasteiger partial charge in [-0.05, 0) is 49.1 Å². The number of ether oxygens (including phenoxy) is 1. The maximum Gasteiger partial charge on any atom is 0.268 e. The summed E-state index contributed by atoms with van der Waals surface area (Å²) in [6.45, 7) is 5.33. The van der Waals surface area contributed by atoms with Crippen LogP contribution >= 0.6 is 0 Å². The zero-order valence-electron chi connectivity index (χ0n) is 16.0. The molecule has 0 bridgehead atoms. The fraction of sp³-hybridized carbons (Fsp3) is 0.364. The zero-order valence-corrected chi connectivity index (χ0v) is 16.0. The highest BCUT2D eigenvalue weighted by molar-refractivity contribution is 6.02. The van der Waals surface area contributed by atoms with Crippen LogP contribution in [0.25, 0.3) is 10.9 Å². The van der Waals surface area contributed by atoms with Gasteiger partial charge >= 0.3 is 0 Å². The first kappa shape index (κ1) is 17.7. The number of carbonyl (C=O) groups excluding carboxylic acids is 1. The molecule has 2 aromatic heterocycles. The van der Waals surface area contributed by atoms with Crippen molar-refractivity contribution in [3.63, 3.8) is 0 Å². The Hall–Kier alpha value is -2.66. The number of amides is 1. The predicted molar refractivity (Wildman–Crippen MR) is 106 cm³/mol. The fourth-order valence-corrected chi connectivity index (χ4v) is 4.24.